The smallest absolute Gasteiger partial charge is 0.274 e. The van der Waals surface area contributed by atoms with Crippen LogP contribution in [0.4, 0.5) is 11.4 Å². The maximum atomic E-state index is 11.8. The van der Waals surface area contributed by atoms with Gasteiger partial charge in [-0.3, -0.25) is 14.9 Å². The van der Waals surface area contributed by atoms with Gasteiger partial charge in [0, 0.05) is 11.4 Å². The number of nitrogens with one attached hydrogen (secondary N) is 1. The second-order valence-electron chi connectivity index (χ2n) is 3.91. The van der Waals surface area contributed by atoms with E-state index in [0.717, 1.165) is 0 Å². The molecule has 2 aromatic rings. The van der Waals surface area contributed by atoms with Crippen molar-refractivity contribution >= 4 is 28.6 Å². The first kappa shape index (κ1) is 13.2. The zero-order valence-electron chi connectivity index (χ0n) is 10.1. The van der Waals surface area contributed by atoms with Crippen LogP contribution in [-0.2, 0) is 11.2 Å². The van der Waals surface area contributed by atoms with Crippen molar-refractivity contribution in [2.24, 2.45) is 0 Å². The highest BCUT2D eigenvalue weighted by atomic mass is 32.1. The quantitative estimate of drug-likeness (QED) is 0.687. The van der Waals surface area contributed by atoms with Crippen LogP contribution in [0.25, 0.3) is 0 Å². The van der Waals surface area contributed by atoms with Crippen molar-refractivity contribution in [3.63, 3.8) is 0 Å². The third-order valence-electron chi connectivity index (χ3n) is 2.60. The number of hydrogen-bond donors (Lipinski definition) is 1. The Bertz CT molecular complexity index is 611. The molecule has 98 valence electrons. The van der Waals surface area contributed by atoms with E-state index in [1.807, 2.05) is 0 Å². The summed E-state index contributed by atoms with van der Waals surface area (Å²) in [4.78, 5) is 26.1. The SMILES string of the molecule is Cc1c(NC(=O)Cc2cscn2)cccc1[N+](=O)[O-]. The zero-order valence-corrected chi connectivity index (χ0v) is 10.9. The van der Waals surface area contributed by atoms with Crippen LogP contribution in [-0.4, -0.2) is 15.8 Å². The Kier molecular flexibility index (Phi) is 3.86. The molecule has 0 saturated carbocycles. The summed E-state index contributed by atoms with van der Waals surface area (Å²) >= 11 is 1.42. The normalized spacial score (nSPS) is 10.2. The summed E-state index contributed by atoms with van der Waals surface area (Å²) in [7, 11) is 0. The van der Waals surface area contributed by atoms with Crippen LogP contribution in [0, 0.1) is 17.0 Å². The van der Waals surface area contributed by atoms with Gasteiger partial charge < -0.3 is 5.32 Å². The number of anilines is 1. The standard InChI is InChI=1S/C12H11N3O3S/c1-8-10(3-2-4-11(8)15(17)18)14-12(16)5-9-6-19-7-13-9/h2-4,6-7H,5H2,1H3,(H,14,16). The van der Waals surface area contributed by atoms with E-state index in [9.17, 15) is 14.9 Å². The highest BCUT2D eigenvalue weighted by molar-refractivity contribution is 7.07. The van der Waals surface area contributed by atoms with E-state index in [1.54, 1.807) is 29.9 Å². The van der Waals surface area contributed by atoms with E-state index in [1.165, 1.54) is 17.4 Å². The molecule has 1 amide bonds. The molecule has 0 aliphatic carbocycles. The Labute approximate surface area is 113 Å². The Hall–Kier alpha value is -2.28. The molecule has 1 heterocycles. The molecule has 0 saturated heterocycles. The number of hydrogen-bond acceptors (Lipinski definition) is 5. The van der Waals surface area contributed by atoms with E-state index in [4.69, 9.17) is 0 Å². The molecule has 0 spiro atoms. The second-order valence-corrected chi connectivity index (χ2v) is 4.63. The van der Waals surface area contributed by atoms with Gasteiger partial charge in [-0.15, -0.1) is 11.3 Å². The zero-order chi connectivity index (χ0) is 13.8. The fraction of sp³-hybridized carbons (Fsp3) is 0.167. The van der Waals surface area contributed by atoms with Crippen LogP contribution >= 0.6 is 11.3 Å². The van der Waals surface area contributed by atoms with Gasteiger partial charge >= 0.3 is 0 Å². The van der Waals surface area contributed by atoms with Crippen LogP contribution in [0.5, 0.6) is 0 Å². The molecule has 0 aliphatic heterocycles. The average Bonchev–Trinajstić information content (AvgIpc) is 2.84. The molecule has 2 rings (SSSR count). The lowest BCUT2D eigenvalue weighted by molar-refractivity contribution is -0.385. The van der Waals surface area contributed by atoms with Gasteiger partial charge in [0.1, 0.15) is 0 Å². The van der Waals surface area contributed by atoms with Gasteiger partial charge in [-0.05, 0) is 13.0 Å². The lowest BCUT2D eigenvalue weighted by Crippen LogP contribution is -2.15. The second kappa shape index (κ2) is 5.57. The van der Waals surface area contributed by atoms with Crippen molar-refractivity contribution in [3.05, 3.63) is 50.5 Å². The van der Waals surface area contributed by atoms with Gasteiger partial charge in [0.05, 0.1) is 33.8 Å². The fourth-order valence-corrected chi connectivity index (χ4v) is 2.20. The van der Waals surface area contributed by atoms with Crippen LogP contribution in [0.15, 0.2) is 29.1 Å². The van der Waals surface area contributed by atoms with Crippen molar-refractivity contribution in [1.29, 1.82) is 0 Å². The molecule has 0 aliphatic rings. The van der Waals surface area contributed by atoms with Crippen molar-refractivity contribution in [3.8, 4) is 0 Å². The number of thiazole rings is 1. The molecule has 0 bridgehead atoms. The monoisotopic (exact) mass is 277 g/mol. The van der Waals surface area contributed by atoms with Gasteiger partial charge in [0.15, 0.2) is 0 Å². The molecule has 0 radical (unpaired) electrons. The molecular formula is C12H11N3O3S. The van der Waals surface area contributed by atoms with Gasteiger partial charge in [-0.2, -0.15) is 0 Å². The van der Waals surface area contributed by atoms with E-state index in [0.29, 0.717) is 16.9 Å². The predicted octanol–water partition coefficient (Wildman–Crippen LogP) is 2.54. The van der Waals surface area contributed by atoms with Gasteiger partial charge in [0.2, 0.25) is 5.91 Å². The summed E-state index contributed by atoms with van der Waals surface area (Å²) in [5.41, 5.74) is 3.23. The Morgan fingerprint density at radius 3 is 2.95 bits per heavy atom. The van der Waals surface area contributed by atoms with Crippen molar-refractivity contribution in [2.45, 2.75) is 13.3 Å². The molecule has 1 aromatic carbocycles. The molecule has 0 unspecified atom stereocenters. The van der Waals surface area contributed by atoms with Crippen LogP contribution in [0.2, 0.25) is 0 Å². The predicted molar refractivity (Wildman–Crippen MR) is 72.3 cm³/mol. The first-order valence-electron chi connectivity index (χ1n) is 5.49. The van der Waals surface area contributed by atoms with E-state index < -0.39 is 4.92 Å². The molecular weight excluding hydrogens is 266 g/mol. The molecule has 0 atom stereocenters. The van der Waals surface area contributed by atoms with Crippen LogP contribution < -0.4 is 5.32 Å². The maximum Gasteiger partial charge on any atom is 0.274 e. The summed E-state index contributed by atoms with van der Waals surface area (Å²) in [5.74, 6) is -0.241. The molecule has 6 nitrogen and oxygen atoms in total. The minimum atomic E-state index is -0.467. The van der Waals surface area contributed by atoms with Crippen LogP contribution in [0.3, 0.4) is 0 Å². The molecule has 1 N–H and O–H groups in total. The number of nitro groups is 1. The van der Waals surface area contributed by atoms with E-state index >= 15 is 0 Å². The number of carbonyl (C=O) groups is 1. The first-order chi connectivity index (χ1) is 9.08. The number of amides is 1. The van der Waals surface area contributed by atoms with E-state index in [-0.39, 0.29) is 18.0 Å². The third-order valence-corrected chi connectivity index (χ3v) is 3.24. The largest absolute Gasteiger partial charge is 0.325 e. The number of benzene rings is 1. The van der Waals surface area contributed by atoms with Gasteiger partial charge in [-0.25, -0.2) is 4.98 Å². The minimum absolute atomic E-state index is 0.00791. The van der Waals surface area contributed by atoms with Crippen LogP contribution in [0.1, 0.15) is 11.3 Å². The molecule has 19 heavy (non-hydrogen) atoms. The summed E-state index contributed by atoms with van der Waals surface area (Å²) in [6, 6.07) is 4.59. The Morgan fingerprint density at radius 1 is 1.53 bits per heavy atom. The lowest BCUT2D eigenvalue weighted by Gasteiger charge is -2.07. The Balaban J connectivity index is 2.13. The minimum Gasteiger partial charge on any atom is -0.325 e. The highest BCUT2D eigenvalue weighted by Gasteiger charge is 2.15. The number of nitro benzene ring substituents is 1. The molecule has 7 heteroatoms. The molecule has 1 aromatic heterocycles. The number of aromatic nitrogens is 1. The van der Waals surface area contributed by atoms with Crippen molar-refractivity contribution in [1.82, 2.24) is 4.98 Å². The number of carbonyl (C=O) groups excluding carboxylic acids is 1. The number of nitrogens with zero attached hydrogens (tertiary/aromatic N) is 2. The van der Waals surface area contributed by atoms with Gasteiger partial charge in [0.25, 0.3) is 5.69 Å². The van der Waals surface area contributed by atoms with E-state index in [2.05, 4.69) is 10.3 Å². The maximum absolute atomic E-state index is 11.8. The third kappa shape index (κ3) is 3.14. The summed E-state index contributed by atoms with van der Waals surface area (Å²) in [5, 5.41) is 15.3. The summed E-state index contributed by atoms with van der Waals surface area (Å²) < 4.78 is 0. The number of rotatable bonds is 4. The summed E-state index contributed by atoms with van der Waals surface area (Å²) in [6.07, 6.45) is 0.158. The topological polar surface area (TPSA) is 85.1 Å². The van der Waals surface area contributed by atoms with Crippen molar-refractivity contribution in [2.75, 3.05) is 5.32 Å². The molecule has 0 fully saturated rings. The lowest BCUT2D eigenvalue weighted by atomic mass is 10.1. The first-order valence-corrected chi connectivity index (χ1v) is 6.43. The Morgan fingerprint density at radius 2 is 2.32 bits per heavy atom. The van der Waals surface area contributed by atoms with Gasteiger partial charge in [-0.1, -0.05) is 6.07 Å². The highest BCUT2D eigenvalue weighted by Crippen LogP contribution is 2.25. The van der Waals surface area contributed by atoms with Crippen molar-refractivity contribution < 1.29 is 9.72 Å². The average molecular weight is 277 g/mol. The summed E-state index contributed by atoms with van der Waals surface area (Å²) in [6.45, 7) is 1.61. The fourth-order valence-electron chi connectivity index (χ4n) is 1.64.